The molecule has 1 N–H and O–H groups in total. The zero-order chi connectivity index (χ0) is 13.3. The Hall–Kier alpha value is -0.120. The van der Waals surface area contributed by atoms with Gasteiger partial charge in [0.2, 0.25) is 0 Å². The standard InChI is InChI=1S/C15H31N3/c1-12-9-17-8-6-7-13(17)10-18(12)11-14(16-5)15(2,3)4/h12-14,16H,6-11H2,1-5H3. The van der Waals surface area contributed by atoms with Crippen LogP contribution in [0.5, 0.6) is 0 Å². The summed E-state index contributed by atoms with van der Waals surface area (Å²) in [6, 6.07) is 2.11. The van der Waals surface area contributed by atoms with Crippen LogP contribution < -0.4 is 5.32 Å². The lowest BCUT2D eigenvalue weighted by Gasteiger charge is -2.45. The summed E-state index contributed by atoms with van der Waals surface area (Å²) in [7, 11) is 2.10. The van der Waals surface area contributed by atoms with Crippen molar-refractivity contribution in [3.63, 3.8) is 0 Å². The van der Waals surface area contributed by atoms with E-state index in [-0.39, 0.29) is 0 Å². The molecule has 0 saturated carbocycles. The van der Waals surface area contributed by atoms with E-state index in [1.54, 1.807) is 0 Å². The second kappa shape index (κ2) is 5.48. The summed E-state index contributed by atoms with van der Waals surface area (Å²) in [6.07, 6.45) is 2.81. The molecule has 0 spiro atoms. The Morgan fingerprint density at radius 2 is 2.00 bits per heavy atom. The van der Waals surface area contributed by atoms with E-state index < -0.39 is 0 Å². The Kier molecular flexibility index (Phi) is 4.35. The van der Waals surface area contributed by atoms with Crippen LogP contribution in [0.1, 0.15) is 40.5 Å². The first-order valence-electron chi connectivity index (χ1n) is 7.57. The zero-order valence-corrected chi connectivity index (χ0v) is 12.9. The molecule has 3 unspecified atom stereocenters. The minimum absolute atomic E-state index is 0.335. The van der Waals surface area contributed by atoms with Crippen LogP contribution in [0.3, 0.4) is 0 Å². The minimum Gasteiger partial charge on any atom is -0.315 e. The van der Waals surface area contributed by atoms with Crippen molar-refractivity contribution in [2.75, 3.05) is 33.2 Å². The molecule has 0 bridgehead atoms. The molecule has 2 fully saturated rings. The molecule has 3 atom stereocenters. The van der Waals surface area contributed by atoms with E-state index in [0.29, 0.717) is 17.5 Å². The summed E-state index contributed by atoms with van der Waals surface area (Å²) in [5.41, 5.74) is 0.335. The van der Waals surface area contributed by atoms with Crippen LogP contribution in [0.4, 0.5) is 0 Å². The molecule has 0 amide bonds. The van der Waals surface area contributed by atoms with Crippen molar-refractivity contribution in [1.82, 2.24) is 15.1 Å². The smallest absolute Gasteiger partial charge is 0.0240 e. The van der Waals surface area contributed by atoms with E-state index in [2.05, 4.69) is 49.9 Å². The third-order valence-electron chi connectivity index (χ3n) is 4.88. The quantitative estimate of drug-likeness (QED) is 0.827. The van der Waals surface area contributed by atoms with E-state index in [1.807, 2.05) is 0 Å². The summed E-state index contributed by atoms with van der Waals surface area (Å²) >= 11 is 0. The van der Waals surface area contributed by atoms with Gasteiger partial charge >= 0.3 is 0 Å². The Labute approximate surface area is 113 Å². The van der Waals surface area contributed by atoms with Crippen molar-refractivity contribution in [1.29, 1.82) is 0 Å². The van der Waals surface area contributed by atoms with Gasteiger partial charge in [0, 0.05) is 37.8 Å². The third-order valence-corrected chi connectivity index (χ3v) is 4.88. The molecule has 2 aliphatic rings. The van der Waals surface area contributed by atoms with Gasteiger partial charge in [-0.05, 0) is 38.8 Å². The molecular formula is C15H31N3. The van der Waals surface area contributed by atoms with E-state index in [9.17, 15) is 0 Å². The highest BCUT2D eigenvalue weighted by atomic mass is 15.3. The maximum Gasteiger partial charge on any atom is 0.0240 e. The Morgan fingerprint density at radius 1 is 1.28 bits per heavy atom. The van der Waals surface area contributed by atoms with Gasteiger partial charge in [0.05, 0.1) is 0 Å². The fourth-order valence-electron chi connectivity index (χ4n) is 3.53. The molecule has 2 aliphatic heterocycles. The summed E-state index contributed by atoms with van der Waals surface area (Å²) in [4.78, 5) is 5.41. The lowest BCUT2D eigenvalue weighted by molar-refractivity contribution is 0.0418. The number of hydrogen-bond acceptors (Lipinski definition) is 3. The second-order valence-electron chi connectivity index (χ2n) is 7.30. The van der Waals surface area contributed by atoms with E-state index in [4.69, 9.17) is 0 Å². The molecule has 0 aromatic carbocycles. The van der Waals surface area contributed by atoms with Crippen LogP contribution in [0.15, 0.2) is 0 Å². The normalized spacial score (nSPS) is 32.5. The van der Waals surface area contributed by atoms with Gasteiger partial charge in [-0.1, -0.05) is 20.8 Å². The van der Waals surface area contributed by atoms with Crippen LogP contribution in [0, 0.1) is 5.41 Å². The molecule has 3 nitrogen and oxygen atoms in total. The van der Waals surface area contributed by atoms with Crippen LogP contribution in [0.25, 0.3) is 0 Å². The summed E-state index contributed by atoms with van der Waals surface area (Å²) in [6.45, 7) is 14.5. The van der Waals surface area contributed by atoms with Crippen molar-refractivity contribution < 1.29 is 0 Å². The summed E-state index contributed by atoms with van der Waals surface area (Å²) in [5, 5.41) is 3.51. The predicted molar refractivity (Wildman–Crippen MR) is 77.9 cm³/mol. The molecule has 0 aliphatic carbocycles. The molecule has 106 valence electrons. The average molecular weight is 253 g/mol. The summed E-state index contributed by atoms with van der Waals surface area (Å²) in [5.74, 6) is 0. The predicted octanol–water partition coefficient (Wildman–Crippen LogP) is 1.79. The zero-order valence-electron chi connectivity index (χ0n) is 12.9. The van der Waals surface area contributed by atoms with Gasteiger partial charge in [0.15, 0.2) is 0 Å². The SMILES string of the molecule is CNC(CN1CC2CCCN2CC1C)C(C)(C)C. The van der Waals surface area contributed by atoms with Gasteiger partial charge in [-0.15, -0.1) is 0 Å². The van der Waals surface area contributed by atoms with E-state index >= 15 is 0 Å². The molecule has 3 heteroatoms. The van der Waals surface area contributed by atoms with Crippen molar-refractivity contribution in [3.05, 3.63) is 0 Å². The highest BCUT2D eigenvalue weighted by Crippen LogP contribution is 2.27. The van der Waals surface area contributed by atoms with Crippen LogP contribution >= 0.6 is 0 Å². The molecule has 2 saturated heterocycles. The maximum atomic E-state index is 3.51. The fraction of sp³-hybridized carbons (Fsp3) is 1.00. The van der Waals surface area contributed by atoms with Gasteiger partial charge in [-0.25, -0.2) is 0 Å². The average Bonchev–Trinajstić information content (AvgIpc) is 2.70. The van der Waals surface area contributed by atoms with E-state index in [0.717, 1.165) is 6.04 Å². The lowest BCUT2D eigenvalue weighted by Crippen LogP contribution is -2.59. The fourth-order valence-corrected chi connectivity index (χ4v) is 3.53. The Bertz CT molecular complexity index is 271. The highest BCUT2D eigenvalue weighted by Gasteiger charge is 2.36. The first-order valence-corrected chi connectivity index (χ1v) is 7.57. The molecule has 18 heavy (non-hydrogen) atoms. The van der Waals surface area contributed by atoms with Crippen molar-refractivity contribution >= 4 is 0 Å². The van der Waals surface area contributed by atoms with Crippen molar-refractivity contribution in [3.8, 4) is 0 Å². The van der Waals surface area contributed by atoms with Gasteiger partial charge in [-0.2, -0.15) is 0 Å². The van der Waals surface area contributed by atoms with Crippen LogP contribution in [0.2, 0.25) is 0 Å². The van der Waals surface area contributed by atoms with E-state index in [1.165, 1.54) is 39.0 Å². The monoisotopic (exact) mass is 253 g/mol. The topological polar surface area (TPSA) is 18.5 Å². The first kappa shape index (κ1) is 14.3. The first-order chi connectivity index (χ1) is 8.41. The number of rotatable bonds is 3. The minimum atomic E-state index is 0.335. The second-order valence-corrected chi connectivity index (χ2v) is 7.30. The summed E-state index contributed by atoms with van der Waals surface area (Å²) < 4.78 is 0. The maximum absolute atomic E-state index is 3.51. The van der Waals surface area contributed by atoms with Crippen LogP contribution in [-0.2, 0) is 0 Å². The largest absolute Gasteiger partial charge is 0.315 e. The number of hydrogen-bond donors (Lipinski definition) is 1. The number of likely N-dealkylation sites (N-methyl/N-ethyl adjacent to an activating group) is 1. The molecule has 0 aromatic heterocycles. The Balaban J connectivity index is 1.95. The molecule has 2 rings (SSSR count). The molecular weight excluding hydrogens is 222 g/mol. The molecule has 0 radical (unpaired) electrons. The Morgan fingerprint density at radius 3 is 2.61 bits per heavy atom. The number of nitrogens with one attached hydrogen (secondary N) is 1. The molecule has 0 aromatic rings. The van der Waals surface area contributed by atoms with Gasteiger partial charge in [0.25, 0.3) is 0 Å². The number of nitrogens with zero attached hydrogens (tertiary/aromatic N) is 2. The third kappa shape index (κ3) is 3.06. The van der Waals surface area contributed by atoms with Gasteiger partial charge in [0.1, 0.15) is 0 Å². The number of piperazine rings is 1. The van der Waals surface area contributed by atoms with Crippen LogP contribution in [-0.4, -0.2) is 61.2 Å². The molecule has 2 heterocycles. The highest BCUT2D eigenvalue weighted by molar-refractivity contribution is 4.93. The van der Waals surface area contributed by atoms with Gasteiger partial charge < -0.3 is 5.32 Å². The van der Waals surface area contributed by atoms with Crippen molar-refractivity contribution in [2.45, 2.75) is 58.7 Å². The lowest BCUT2D eigenvalue weighted by atomic mass is 9.86. The number of fused-ring (bicyclic) bond motifs is 1. The van der Waals surface area contributed by atoms with Gasteiger partial charge in [-0.3, -0.25) is 9.80 Å². The van der Waals surface area contributed by atoms with Crippen molar-refractivity contribution in [2.24, 2.45) is 5.41 Å².